The average Bonchev–Trinajstić information content (AvgIpc) is 1.85. The molecule has 4 heteroatoms. The molecule has 0 saturated heterocycles. The van der Waals surface area contributed by atoms with E-state index in [9.17, 15) is 13.2 Å². The van der Waals surface area contributed by atoms with E-state index in [2.05, 4.69) is 0 Å². The average molecular weight is 169 g/mol. The highest BCUT2D eigenvalue weighted by atomic mass is 19.4. The van der Waals surface area contributed by atoms with Crippen molar-refractivity contribution < 1.29 is 13.2 Å². The van der Waals surface area contributed by atoms with Crippen molar-refractivity contribution >= 4 is 0 Å². The van der Waals surface area contributed by atoms with Crippen molar-refractivity contribution in [3.63, 3.8) is 0 Å². The fourth-order valence-corrected chi connectivity index (χ4v) is 0.769. The van der Waals surface area contributed by atoms with Gasteiger partial charge in [-0.2, -0.15) is 13.2 Å². The van der Waals surface area contributed by atoms with Gasteiger partial charge >= 0.3 is 6.18 Å². The van der Waals surface area contributed by atoms with Crippen molar-refractivity contribution in [1.29, 1.82) is 0 Å². The molecule has 2 N–H and O–H groups in total. The first-order valence-corrected chi connectivity index (χ1v) is 3.78. The van der Waals surface area contributed by atoms with Gasteiger partial charge in [0, 0.05) is 12.5 Å². The van der Waals surface area contributed by atoms with Crippen molar-refractivity contribution in [2.45, 2.75) is 44.8 Å². The lowest BCUT2D eigenvalue weighted by Gasteiger charge is -2.09. The molecule has 0 rings (SSSR count). The van der Waals surface area contributed by atoms with Crippen LogP contribution in [-0.4, -0.2) is 12.2 Å². The maximum Gasteiger partial charge on any atom is 0.389 e. The third kappa shape index (κ3) is 7.65. The Bertz CT molecular complexity index is 100. The van der Waals surface area contributed by atoms with Gasteiger partial charge in [0.1, 0.15) is 0 Å². The van der Waals surface area contributed by atoms with Crippen LogP contribution in [0.3, 0.4) is 0 Å². The van der Waals surface area contributed by atoms with Crippen LogP contribution >= 0.6 is 0 Å². The van der Waals surface area contributed by atoms with Gasteiger partial charge in [-0.05, 0) is 19.3 Å². The van der Waals surface area contributed by atoms with E-state index in [0.717, 1.165) is 6.42 Å². The van der Waals surface area contributed by atoms with E-state index >= 15 is 0 Å². The second-order valence-corrected chi connectivity index (χ2v) is 2.68. The number of hydrogen-bond acceptors (Lipinski definition) is 1. The molecule has 11 heavy (non-hydrogen) atoms. The molecule has 0 fully saturated rings. The molecule has 0 saturated carbocycles. The van der Waals surface area contributed by atoms with Crippen molar-refractivity contribution in [2.24, 2.45) is 5.73 Å². The number of nitrogens with two attached hydrogens (primary N) is 1. The quantitative estimate of drug-likeness (QED) is 0.687. The van der Waals surface area contributed by atoms with Gasteiger partial charge < -0.3 is 5.73 Å². The SMILES string of the molecule is CC[C@@H](N)CCCC(F)(F)F. The van der Waals surface area contributed by atoms with Gasteiger partial charge in [0.25, 0.3) is 0 Å². The second-order valence-electron chi connectivity index (χ2n) is 2.68. The number of halogens is 3. The third-order valence-electron chi connectivity index (χ3n) is 1.56. The van der Waals surface area contributed by atoms with Crippen LogP contribution in [0.25, 0.3) is 0 Å². The van der Waals surface area contributed by atoms with Crippen LogP contribution in [-0.2, 0) is 0 Å². The molecule has 0 aromatic rings. The van der Waals surface area contributed by atoms with Crippen LogP contribution in [0.2, 0.25) is 0 Å². The summed E-state index contributed by atoms with van der Waals surface area (Å²) in [6, 6.07) is -0.0719. The summed E-state index contributed by atoms with van der Waals surface area (Å²) in [5, 5.41) is 0. The molecule has 1 nitrogen and oxygen atoms in total. The topological polar surface area (TPSA) is 26.0 Å². The molecule has 0 radical (unpaired) electrons. The van der Waals surface area contributed by atoms with Crippen LogP contribution in [0.5, 0.6) is 0 Å². The summed E-state index contributed by atoms with van der Waals surface area (Å²) < 4.78 is 34.7. The standard InChI is InChI=1S/C7H14F3N/c1-2-6(11)4-3-5-7(8,9)10/h6H,2-5,11H2,1H3/t6-/m1/s1. The summed E-state index contributed by atoms with van der Waals surface area (Å²) in [4.78, 5) is 0. The molecule has 0 heterocycles. The Kier molecular flexibility index (Phi) is 4.49. The van der Waals surface area contributed by atoms with E-state index in [4.69, 9.17) is 5.73 Å². The highest BCUT2D eigenvalue weighted by Gasteiger charge is 2.26. The Morgan fingerprint density at radius 2 is 1.91 bits per heavy atom. The first-order valence-electron chi connectivity index (χ1n) is 3.78. The van der Waals surface area contributed by atoms with Gasteiger partial charge in [-0.3, -0.25) is 0 Å². The molecule has 0 aliphatic carbocycles. The molecule has 0 amide bonds. The minimum absolute atomic E-state index is 0.0719. The molecule has 68 valence electrons. The molecule has 0 spiro atoms. The van der Waals surface area contributed by atoms with Gasteiger partial charge in [0.05, 0.1) is 0 Å². The molecule has 0 bridgehead atoms. The van der Waals surface area contributed by atoms with Crippen molar-refractivity contribution in [3.8, 4) is 0 Å². The molecule has 1 atom stereocenters. The zero-order valence-electron chi connectivity index (χ0n) is 6.62. The van der Waals surface area contributed by atoms with Gasteiger partial charge in [0.15, 0.2) is 0 Å². The minimum Gasteiger partial charge on any atom is -0.328 e. The first-order chi connectivity index (χ1) is 4.95. The number of hydrogen-bond donors (Lipinski definition) is 1. The zero-order valence-corrected chi connectivity index (χ0v) is 6.62. The van der Waals surface area contributed by atoms with Crippen molar-refractivity contribution in [2.75, 3.05) is 0 Å². The largest absolute Gasteiger partial charge is 0.389 e. The minimum atomic E-state index is -4.02. The zero-order chi connectivity index (χ0) is 8.91. The molecule has 0 aromatic carbocycles. The van der Waals surface area contributed by atoms with Crippen molar-refractivity contribution in [1.82, 2.24) is 0 Å². The Labute approximate surface area is 64.8 Å². The maximum absolute atomic E-state index is 11.6. The summed E-state index contributed by atoms with van der Waals surface area (Å²) in [5.41, 5.74) is 5.43. The van der Waals surface area contributed by atoms with E-state index in [1.54, 1.807) is 0 Å². The summed E-state index contributed by atoms with van der Waals surface area (Å²) >= 11 is 0. The van der Waals surface area contributed by atoms with E-state index in [0.29, 0.717) is 6.42 Å². The Morgan fingerprint density at radius 3 is 2.27 bits per heavy atom. The van der Waals surface area contributed by atoms with E-state index in [1.807, 2.05) is 6.92 Å². The fourth-order valence-electron chi connectivity index (χ4n) is 0.769. The molecule has 0 unspecified atom stereocenters. The van der Waals surface area contributed by atoms with E-state index in [-0.39, 0.29) is 12.5 Å². The van der Waals surface area contributed by atoms with Gasteiger partial charge in [-0.25, -0.2) is 0 Å². The second kappa shape index (κ2) is 4.59. The first kappa shape index (κ1) is 10.8. The lowest BCUT2D eigenvalue weighted by atomic mass is 10.1. The molecule has 0 aliphatic rings. The van der Waals surface area contributed by atoms with E-state index < -0.39 is 12.6 Å². The molecular weight excluding hydrogens is 155 g/mol. The number of rotatable bonds is 4. The van der Waals surface area contributed by atoms with Crippen LogP contribution in [0.1, 0.15) is 32.6 Å². The molecule has 0 aromatic heterocycles. The Hall–Kier alpha value is -0.250. The predicted octanol–water partition coefficient (Wildman–Crippen LogP) is 2.46. The van der Waals surface area contributed by atoms with Gasteiger partial charge in [0.2, 0.25) is 0 Å². The monoisotopic (exact) mass is 169 g/mol. The lowest BCUT2D eigenvalue weighted by Crippen LogP contribution is -2.19. The van der Waals surface area contributed by atoms with Crippen LogP contribution < -0.4 is 5.73 Å². The smallest absolute Gasteiger partial charge is 0.328 e. The van der Waals surface area contributed by atoms with E-state index in [1.165, 1.54) is 0 Å². The van der Waals surface area contributed by atoms with Crippen LogP contribution in [0, 0.1) is 0 Å². The maximum atomic E-state index is 11.6. The third-order valence-corrected chi connectivity index (χ3v) is 1.56. The van der Waals surface area contributed by atoms with Crippen LogP contribution in [0.15, 0.2) is 0 Å². The van der Waals surface area contributed by atoms with Crippen LogP contribution in [0.4, 0.5) is 13.2 Å². The molecule has 0 aliphatic heterocycles. The Balaban J connectivity index is 3.28. The van der Waals surface area contributed by atoms with Gasteiger partial charge in [-0.15, -0.1) is 0 Å². The summed E-state index contributed by atoms with van der Waals surface area (Å²) in [7, 11) is 0. The Morgan fingerprint density at radius 1 is 1.36 bits per heavy atom. The predicted molar refractivity (Wildman–Crippen MR) is 38.2 cm³/mol. The summed E-state index contributed by atoms with van der Waals surface area (Å²) in [5.74, 6) is 0. The fraction of sp³-hybridized carbons (Fsp3) is 1.00. The number of alkyl halides is 3. The summed E-state index contributed by atoms with van der Waals surface area (Å²) in [6.07, 6.45) is -3.36. The van der Waals surface area contributed by atoms with Gasteiger partial charge in [-0.1, -0.05) is 6.92 Å². The highest BCUT2D eigenvalue weighted by Crippen LogP contribution is 2.22. The summed E-state index contributed by atoms with van der Waals surface area (Å²) in [6.45, 7) is 1.87. The van der Waals surface area contributed by atoms with Crippen molar-refractivity contribution in [3.05, 3.63) is 0 Å². The highest BCUT2D eigenvalue weighted by molar-refractivity contribution is 4.60. The lowest BCUT2D eigenvalue weighted by molar-refractivity contribution is -0.135. The molecular formula is C7H14F3N. The normalized spacial score (nSPS) is 15.0.